The summed E-state index contributed by atoms with van der Waals surface area (Å²) in [7, 11) is 0. The number of rotatable bonds is 7. The molecule has 0 unspecified atom stereocenters. The van der Waals surface area contributed by atoms with Gasteiger partial charge in [0.2, 0.25) is 17.0 Å². The van der Waals surface area contributed by atoms with Crippen molar-refractivity contribution in [1.29, 1.82) is 0 Å². The SMILES string of the molecule is Cc1cccc(C)c1NC(=O)CN1CCN(C(=O)CSc2n[nH]c(-c3cccs3)n2)CC1. The first-order valence-corrected chi connectivity index (χ1v) is 12.3. The Balaban J connectivity index is 1.20. The van der Waals surface area contributed by atoms with E-state index in [1.807, 2.05) is 54.5 Å². The van der Waals surface area contributed by atoms with Gasteiger partial charge in [0.15, 0.2) is 5.82 Å². The van der Waals surface area contributed by atoms with Crippen molar-refractivity contribution in [3.63, 3.8) is 0 Å². The molecule has 0 saturated carbocycles. The first-order chi connectivity index (χ1) is 15.5. The first-order valence-electron chi connectivity index (χ1n) is 10.4. The smallest absolute Gasteiger partial charge is 0.238 e. The Morgan fingerprint density at radius 2 is 1.88 bits per heavy atom. The quantitative estimate of drug-likeness (QED) is 0.516. The maximum absolute atomic E-state index is 12.6. The van der Waals surface area contributed by atoms with Crippen LogP contribution in [0, 0.1) is 13.8 Å². The fourth-order valence-electron chi connectivity index (χ4n) is 3.60. The van der Waals surface area contributed by atoms with E-state index in [0.29, 0.717) is 43.6 Å². The summed E-state index contributed by atoms with van der Waals surface area (Å²) in [5.74, 6) is 1.07. The molecule has 10 heteroatoms. The number of hydrogen-bond donors (Lipinski definition) is 2. The fraction of sp³-hybridized carbons (Fsp3) is 0.364. The fourth-order valence-corrected chi connectivity index (χ4v) is 4.97. The molecule has 2 aromatic heterocycles. The predicted octanol–water partition coefficient (Wildman–Crippen LogP) is 3.03. The third kappa shape index (κ3) is 5.56. The Morgan fingerprint density at radius 3 is 2.56 bits per heavy atom. The molecule has 1 aromatic carbocycles. The summed E-state index contributed by atoms with van der Waals surface area (Å²) >= 11 is 2.93. The van der Waals surface area contributed by atoms with Crippen molar-refractivity contribution >= 4 is 40.6 Å². The van der Waals surface area contributed by atoms with Crippen LogP contribution in [0.25, 0.3) is 10.7 Å². The number of anilines is 1. The molecule has 0 spiro atoms. The van der Waals surface area contributed by atoms with E-state index in [0.717, 1.165) is 27.5 Å². The monoisotopic (exact) mass is 470 g/mol. The van der Waals surface area contributed by atoms with Gasteiger partial charge in [-0.25, -0.2) is 4.98 Å². The molecule has 3 heterocycles. The molecule has 1 aliphatic rings. The van der Waals surface area contributed by atoms with Crippen LogP contribution in [0.15, 0.2) is 40.9 Å². The van der Waals surface area contributed by atoms with E-state index in [1.54, 1.807) is 11.3 Å². The second-order valence-corrected chi connectivity index (χ2v) is 9.59. The Bertz CT molecular complexity index is 1050. The number of benzene rings is 1. The van der Waals surface area contributed by atoms with Crippen LogP contribution < -0.4 is 5.32 Å². The molecule has 0 bridgehead atoms. The molecule has 2 N–H and O–H groups in total. The Labute approximate surface area is 195 Å². The molecule has 0 aliphatic carbocycles. The van der Waals surface area contributed by atoms with Gasteiger partial charge in [0, 0.05) is 31.9 Å². The van der Waals surface area contributed by atoms with Crippen LogP contribution in [0.2, 0.25) is 0 Å². The minimum atomic E-state index is -0.0242. The summed E-state index contributed by atoms with van der Waals surface area (Å²) < 4.78 is 0. The molecule has 0 radical (unpaired) electrons. The molecule has 8 nitrogen and oxygen atoms in total. The number of thiophene rings is 1. The number of nitrogens with zero attached hydrogens (tertiary/aromatic N) is 4. The second-order valence-electron chi connectivity index (χ2n) is 7.70. The molecule has 2 amide bonds. The van der Waals surface area contributed by atoms with Crippen LogP contribution in [0.5, 0.6) is 0 Å². The maximum atomic E-state index is 12.6. The summed E-state index contributed by atoms with van der Waals surface area (Å²) in [4.78, 5) is 34.5. The molecule has 1 aliphatic heterocycles. The van der Waals surface area contributed by atoms with Crippen molar-refractivity contribution in [1.82, 2.24) is 25.0 Å². The van der Waals surface area contributed by atoms with Crippen molar-refractivity contribution in [3.05, 3.63) is 46.8 Å². The minimum absolute atomic E-state index is 0.0242. The van der Waals surface area contributed by atoms with Crippen molar-refractivity contribution in [3.8, 4) is 10.7 Å². The largest absolute Gasteiger partial charge is 0.339 e. The average molecular weight is 471 g/mol. The minimum Gasteiger partial charge on any atom is -0.339 e. The Hall–Kier alpha value is -2.69. The zero-order valence-electron chi connectivity index (χ0n) is 18.1. The number of piperazine rings is 1. The van der Waals surface area contributed by atoms with Gasteiger partial charge in [-0.2, -0.15) is 0 Å². The Kier molecular flexibility index (Phi) is 7.23. The van der Waals surface area contributed by atoms with Gasteiger partial charge >= 0.3 is 0 Å². The molecular formula is C22H26N6O2S2. The molecule has 32 heavy (non-hydrogen) atoms. The number of aryl methyl sites for hydroxylation is 2. The van der Waals surface area contributed by atoms with E-state index < -0.39 is 0 Å². The maximum Gasteiger partial charge on any atom is 0.238 e. The number of para-hydroxylation sites is 1. The van der Waals surface area contributed by atoms with Gasteiger partial charge < -0.3 is 10.2 Å². The van der Waals surface area contributed by atoms with Gasteiger partial charge in [-0.1, -0.05) is 36.0 Å². The molecule has 168 valence electrons. The van der Waals surface area contributed by atoms with Crippen LogP contribution in [0.4, 0.5) is 5.69 Å². The molecule has 1 saturated heterocycles. The lowest BCUT2D eigenvalue weighted by atomic mass is 10.1. The highest BCUT2D eigenvalue weighted by Crippen LogP contribution is 2.23. The van der Waals surface area contributed by atoms with Gasteiger partial charge in [0.25, 0.3) is 0 Å². The summed E-state index contributed by atoms with van der Waals surface area (Å²) in [5, 5.41) is 12.7. The van der Waals surface area contributed by atoms with Gasteiger partial charge in [-0.3, -0.25) is 19.6 Å². The standard InChI is InChI=1S/C22H26N6O2S2/c1-15-5-3-6-16(2)20(15)23-18(29)13-27-8-10-28(11-9-27)19(30)14-32-22-24-21(25-26-22)17-7-4-12-31-17/h3-7,12H,8-11,13-14H2,1-2H3,(H,23,29)(H,24,25,26). The van der Waals surface area contributed by atoms with Crippen LogP contribution in [-0.4, -0.2) is 75.3 Å². The van der Waals surface area contributed by atoms with Crippen molar-refractivity contribution in [2.75, 3.05) is 43.8 Å². The highest BCUT2D eigenvalue weighted by Gasteiger charge is 2.23. The van der Waals surface area contributed by atoms with Gasteiger partial charge in [-0.15, -0.1) is 16.4 Å². The van der Waals surface area contributed by atoms with Gasteiger partial charge in [0.05, 0.1) is 17.2 Å². The van der Waals surface area contributed by atoms with E-state index >= 15 is 0 Å². The number of aromatic amines is 1. The van der Waals surface area contributed by atoms with Crippen LogP contribution in [0.1, 0.15) is 11.1 Å². The zero-order chi connectivity index (χ0) is 22.5. The highest BCUT2D eigenvalue weighted by molar-refractivity contribution is 7.99. The number of nitrogens with one attached hydrogen (secondary N) is 2. The molecule has 3 aromatic rings. The third-order valence-electron chi connectivity index (χ3n) is 5.38. The molecular weight excluding hydrogens is 444 g/mol. The van der Waals surface area contributed by atoms with Crippen LogP contribution in [-0.2, 0) is 9.59 Å². The van der Waals surface area contributed by atoms with E-state index in [2.05, 4.69) is 25.4 Å². The number of H-pyrrole nitrogens is 1. The van der Waals surface area contributed by atoms with Crippen molar-refractivity contribution < 1.29 is 9.59 Å². The molecule has 0 atom stereocenters. The van der Waals surface area contributed by atoms with E-state index in [9.17, 15) is 9.59 Å². The number of carbonyl (C=O) groups excluding carboxylic acids is 2. The molecule has 1 fully saturated rings. The average Bonchev–Trinajstić information content (AvgIpc) is 3.47. The van der Waals surface area contributed by atoms with E-state index in [4.69, 9.17) is 0 Å². The number of hydrogen-bond acceptors (Lipinski definition) is 7. The number of carbonyl (C=O) groups is 2. The highest BCUT2D eigenvalue weighted by atomic mass is 32.2. The predicted molar refractivity (Wildman–Crippen MR) is 128 cm³/mol. The van der Waals surface area contributed by atoms with E-state index in [-0.39, 0.29) is 11.8 Å². The molecule has 4 rings (SSSR count). The van der Waals surface area contributed by atoms with Crippen LogP contribution >= 0.6 is 23.1 Å². The number of aromatic nitrogens is 3. The summed E-state index contributed by atoms with van der Waals surface area (Å²) in [6.07, 6.45) is 0. The lowest BCUT2D eigenvalue weighted by molar-refractivity contribution is -0.130. The summed E-state index contributed by atoms with van der Waals surface area (Å²) in [6.45, 7) is 6.90. The number of thioether (sulfide) groups is 1. The van der Waals surface area contributed by atoms with Crippen molar-refractivity contribution in [2.24, 2.45) is 0 Å². The zero-order valence-corrected chi connectivity index (χ0v) is 19.8. The van der Waals surface area contributed by atoms with E-state index in [1.165, 1.54) is 11.8 Å². The summed E-state index contributed by atoms with van der Waals surface area (Å²) in [6, 6.07) is 9.91. The topological polar surface area (TPSA) is 94.2 Å². The second kappa shape index (κ2) is 10.3. The third-order valence-corrected chi connectivity index (χ3v) is 7.09. The normalized spacial score (nSPS) is 14.5. The first kappa shape index (κ1) is 22.5. The lowest BCUT2D eigenvalue weighted by Crippen LogP contribution is -2.50. The number of amides is 2. The summed E-state index contributed by atoms with van der Waals surface area (Å²) in [5.41, 5.74) is 3.00. The Morgan fingerprint density at radius 1 is 1.12 bits per heavy atom. The van der Waals surface area contributed by atoms with Crippen molar-refractivity contribution in [2.45, 2.75) is 19.0 Å². The van der Waals surface area contributed by atoms with Gasteiger partial charge in [0.1, 0.15) is 0 Å². The lowest BCUT2D eigenvalue weighted by Gasteiger charge is -2.34. The van der Waals surface area contributed by atoms with Gasteiger partial charge in [-0.05, 0) is 36.4 Å². The van der Waals surface area contributed by atoms with Crippen LogP contribution in [0.3, 0.4) is 0 Å².